The van der Waals surface area contributed by atoms with Crippen LogP contribution in [0.2, 0.25) is 0 Å². The third kappa shape index (κ3) is 3.58. The predicted molar refractivity (Wildman–Crippen MR) is 59.2 cm³/mol. The highest BCUT2D eigenvalue weighted by molar-refractivity contribution is 5.91. The van der Waals surface area contributed by atoms with Crippen LogP contribution in [0.1, 0.15) is 36.7 Å². The van der Waals surface area contributed by atoms with E-state index in [0.29, 0.717) is 5.69 Å². The lowest BCUT2D eigenvalue weighted by atomic mass is 10.2. The van der Waals surface area contributed by atoms with Crippen LogP contribution < -0.4 is 5.32 Å². The lowest BCUT2D eigenvalue weighted by Gasteiger charge is -2.07. The number of aromatic carboxylic acids is 1. The third-order valence-electron chi connectivity index (χ3n) is 2.11. The molecule has 1 rings (SSSR count). The van der Waals surface area contributed by atoms with E-state index in [4.69, 9.17) is 5.11 Å². The van der Waals surface area contributed by atoms with Crippen LogP contribution in [0.15, 0.2) is 18.3 Å². The fraction of sp³-hybridized carbons (Fsp3) is 0.455. The molecule has 0 radical (unpaired) electrons. The Morgan fingerprint density at radius 2 is 2.33 bits per heavy atom. The van der Waals surface area contributed by atoms with E-state index >= 15 is 0 Å². The summed E-state index contributed by atoms with van der Waals surface area (Å²) in [5.74, 6) is -0.992. The lowest BCUT2D eigenvalue weighted by molar-refractivity contribution is 0.0691. The van der Waals surface area contributed by atoms with Crippen LogP contribution in [0.4, 0.5) is 5.69 Å². The lowest BCUT2D eigenvalue weighted by Crippen LogP contribution is -2.09. The normalized spacial score (nSPS) is 9.93. The average Bonchev–Trinajstić information content (AvgIpc) is 2.25. The van der Waals surface area contributed by atoms with Crippen LogP contribution in [0.3, 0.4) is 0 Å². The summed E-state index contributed by atoms with van der Waals surface area (Å²) >= 11 is 0. The number of aromatic nitrogens is 1. The molecule has 0 saturated heterocycles. The van der Waals surface area contributed by atoms with E-state index in [1.54, 1.807) is 12.1 Å². The number of pyridine rings is 1. The standard InChI is InChI=1S/C11H16N2O2/c1-2-3-4-7-12-9-6-5-8-13-10(9)11(14)15/h5-6,8,12H,2-4,7H2,1H3,(H,14,15). The molecule has 4 nitrogen and oxygen atoms in total. The van der Waals surface area contributed by atoms with Crippen LogP contribution in [-0.4, -0.2) is 22.6 Å². The average molecular weight is 208 g/mol. The molecule has 0 fully saturated rings. The van der Waals surface area contributed by atoms with Crippen molar-refractivity contribution in [2.45, 2.75) is 26.2 Å². The maximum Gasteiger partial charge on any atom is 0.356 e. The molecule has 15 heavy (non-hydrogen) atoms. The second kappa shape index (κ2) is 6.01. The maximum absolute atomic E-state index is 10.8. The molecule has 0 saturated carbocycles. The van der Waals surface area contributed by atoms with E-state index in [0.717, 1.165) is 25.8 Å². The molecule has 4 heteroatoms. The molecule has 1 heterocycles. The fourth-order valence-electron chi connectivity index (χ4n) is 1.32. The molecule has 82 valence electrons. The number of carboxylic acids is 1. The Kier molecular flexibility index (Phi) is 4.60. The van der Waals surface area contributed by atoms with Gasteiger partial charge in [-0.2, -0.15) is 0 Å². The molecule has 0 aliphatic rings. The highest BCUT2D eigenvalue weighted by Crippen LogP contribution is 2.11. The van der Waals surface area contributed by atoms with Gasteiger partial charge in [0.2, 0.25) is 0 Å². The number of nitrogens with zero attached hydrogens (tertiary/aromatic N) is 1. The summed E-state index contributed by atoms with van der Waals surface area (Å²) in [6.45, 7) is 2.92. The summed E-state index contributed by atoms with van der Waals surface area (Å²) in [5, 5.41) is 12.0. The zero-order valence-electron chi connectivity index (χ0n) is 8.86. The molecular weight excluding hydrogens is 192 g/mol. The Morgan fingerprint density at radius 3 is 3.00 bits per heavy atom. The molecule has 2 N–H and O–H groups in total. The molecule has 0 unspecified atom stereocenters. The minimum Gasteiger partial charge on any atom is -0.476 e. The van der Waals surface area contributed by atoms with Crippen molar-refractivity contribution in [2.75, 3.05) is 11.9 Å². The number of hydrogen-bond acceptors (Lipinski definition) is 3. The van der Waals surface area contributed by atoms with Crippen molar-refractivity contribution in [1.82, 2.24) is 4.98 Å². The molecule has 1 aromatic heterocycles. The first-order valence-electron chi connectivity index (χ1n) is 5.18. The number of hydrogen-bond donors (Lipinski definition) is 2. The summed E-state index contributed by atoms with van der Waals surface area (Å²) < 4.78 is 0. The number of nitrogens with one attached hydrogen (secondary N) is 1. The van der Waals surface area contributed by atoms with Crippen LogP contribution in [0, 0.1) is 0 Å². The Hall–Kier alpha value is -1.58. The van der Waals surface area contributed by atoms with Gasteiger partial charge in [0, 0.05) is 12.7 Å². The Labute approximate surface area is 89.3 Å². The second-order valence-corrected chi connectivity index (χ2v) is 3.34. The van der Waals surface area contributed by atoms with Crippen LogP contribution in [-0.2, 0) is 0 Å². The first kappa shape index (κ1) is 11.5. The van der Waals surface area contributed by atoms with Crippen LogP contribution in [0.5, 0.6) is 0 Å². The highest BCUT2D eigenvalue weighted by Gasteiger charge is 2.09. The van der Waals surface area contributed by atoms with E-state index in [2.05, 4.69) is 17.2 Å². The molecule has 0 spiro atoms. The van der Waals surface area contributed by atoms with E-state index in [1.165, 1.54) is 6.20 Å². The van der Waals surface area contributed by atoms with Gasteiger partial charge in [0.15, 0.2) is 5.69 Å². The molecule has 1 aromatic rings. The van der Waals surface area contributed by atoms with E-state index in [-0.39, 0.29) is 5.69 Å². The minimum absolute atomic E-state index is 0.0917. The summed E-state index contributed by atoms with van der Waals surface area (Å²) in [5.41, 5.74) is 0.690. The summed E-state index contributed by atoms with van der Waals surface area (Å²) in [6, 6.07) is 3.47. The predicted octanol–water partition coefficient (Wildman–Crippen LogP) is 2.38. The molecular formula is C11H16N2O2. The Bertz CT molecular complexity index is 326. The number of carboxylic acid groups (broad SMARTS) is 1. The van der Waals surface area contributed by atoms with Crippen molar-refractivity contribution in [3.05, 3.63) is 24.0 Å². The Balaban J connectivity index is 2.56. The topological polar surface area (TPSA) is 62.2 Å². The zero-order valence-corrected chi connectivity index (χ0v) is 8.86. The van der Waals surface area contributed by atoms with Crippen molar-refractivity contribution in [2.24, 2.45) is 0 Å². The highest BCUT2D eigenvalue weighted by atomic mass is 16.4. The summed E-state index contributed by atoms with van der Waals surface area (Å²) in [7, 11) is 0. The van der Waals surface area contributed by atoms with Crippen molar-refractivity contribution in [3.8, 4) is 0 Å². The second-order valence-electron chi connectivity index (χ2n) is 3.34. The smallest absolute Gasteiger partial charge is 0.356 e. The van der Waals surface area contributed by atoms with Gasteiger partial charge in [0.05, 0.1) is 5.69 Å². The largest absolute Gasteiger partial charge is 0.476 e. The van der Waals surface area contributed by atoms with Gasteiger partial charge in [-0.3, -0.25) is 0 Å². The molecule has 0 aliphatic heterocycles. The van der Waals surface area contributed by atoms with Gasteiger partial charge in [-0.05, 0) is 18.6 Å². The minimum atomic E-state index is -0.992. The number of rotatable bonds is 6. The number of unbranched alkanes of at least 4 members (excludes halogenated alkanes) is 2. The third-order valence-corrected chi connectivity index (χ3v) is 2.11. The van der Waals surface area contributed by atoms with Crippen molar-refractivity contribution >= 4 is 11.7 Å². The van der Waals surface area contributed by atoms with Crippen molar-refractivity contribution in [1.29, 1.82) is 0 Å². The molecule has 0 bridgehead atoms. The number of anilines is 1. The van der Waals surface area contributed by atoms with E-state index in [9.17, 15) is 4.79 Å². The molecule has 0 atom stereocenters. The zero-order chi connectivity index (χ0) is 11.1. The van der Waals surface area contributed by atoms with Crippen molar-refractivity contribution < 1.29 is 9.90 Å². The van der Waals surface area contributed by atoms with Gasteiger partial charge in [-0.25, -0.2) is 9.78 Å². The van der Waals surface area contributed by atoms with Crippen LogP contribution >= 0.6 is 0 Å². The summed E-state index contributed by atoms with van der Waals surface area (Å²) in [6.07, 6.45) is 4.83. The molecule has 0 aromatic carbocycles. The van der Waals surface area contributed by atoms with Gasteiger partial charge in [0.25, 0.3) is 0 Å². The quantitative estimate of drug-likeness (QED) is 0.704. The van der Waals surface area contributed by atoms with Gasteiger partial charge < -0.3 is 10.4 Å². The number of carbonyl (C=O) groups is 1. The van der Waals surface area contributed by atoms with Gasteiger partial charge in [-0.15, -0.1) is 0 Å². The maximum atomic E-state index is 10.8. The van der Waals surface area contributed by atoms with Crippen LogP contribution in [0.25, 0.3) is 0 Å². The van der Waals surface area contributed by atoms with Gasteiger partial charge in [0.1, 0.15) is 0 Å². The first-order chi connectivity index (χ1) is 7.25. The van der Waals surface area contributed by atoms with Crippen molar-refractivity contribution in [3.63, 3.8) is 0 Å². The molecule has 0 aliphatic carbocycles. The van der Waals surface area contributed by atoms with E-state index < -0.39 is 5.97 Å². The Morgan fingerprint density at radius 1 is 1.53 bits per heavy atom. The van der Waals surface area contributed by atoms with E-state index in [1.807, 2.05) is 0 Å². The summed E-state index contributed by atoms with van der Waals surface area (Å²) in [4.78, 5) is 14.6. The monoisotopic (exact) mass is 208 g/mol. The SMILES string of the molecule is CCCCCNc1cccnc1C(=O)O. The molecule has 0 amide bonds. The van der Waals surface area contributed by atoms with Gasteiger partial charge in [-0.1, -0.05) is 19.8 Å². The van der Waals surface area contributed by atoms with Gasteiger partial charge >= 0.3 is 5.97 Å². The first-order valence-corrected chi connectivity index (χ1v) is 5.18. The fourth-order valence-corrected chi connectivity index (χ4v) is 1.32.